The van der Waals surface area contributed by atoms with Crippen LogP contribution in [-0.2, 0) is 4.74 Å². The van der Waals surface area contributed by atoms with E-state index in [2.05, 4.69) is 5.32 Å². The molecule has 1 rings (SSSR count). The van der Waals surface area contributed by atoms with Crippen molar-refractivity contribution in [3.8, 4) is 5.75 Å². The van der Waals surface area contributed by atoms with Crippen molar-refractivity contribution in [1.82, 2.24) is 5.32 Å². The van der Waals surface area contributed by atoms with Crippen molar-refractivity contribution in [1.29, 1.82) is 0 Å². The Labute approximate surface area is 93.7 Å². The van der Waals surface area contributed by atoms with Gasteiger partial charge in [0.25, 0.3) is 5.91 Å². The molecule has 0 atom stereocenters. The van der Waals surface area contributed by atoms with Crippen molar-refractivity contribution >= 4 is 5.91 Å². The Morgan fingerprint density at radius 2 is 2.06 bits per heavy atom. The first kappa shape index (κ1) is 12.5. The Balaban J connectivity index is 2.33. The molecule has 0 radical (unpaired) electrons. The molecular weight excluding hydrogens is 210 g/mol. The maximum Gasteiger partial charge on any atom is 0.255 e. The molecule has 3 N–H and O–H groups in total. The van der Waals surface area contributed by atoms with Gasteiger partial charge in [0.15, 0.2) is 0 Å². The van der Waals surface area contributed by atoms with E-state index in [0.29, 0.717) is 13.2 Å². The Bertz CT molecular complexity index is 341. The van der Waals surface area contributed by atoms with Crippen LogP contribution < -0.4 is 5.32 Å². The maximum atomic E-state index is 11.5. The first-order chi connectivity index (χ1) is 7.75. The molecule has 0 fully saturated rings. The number of aromatic hydroxyl groups is 1. The number of hydrogen-bond acceptors (Lipinski definition) is 4. The van der Waals surface area contributed by atoms with Crippen LogP contribution in [0.2, 0.25) is 0 Å². The maximum absolute atomic E-state index is 11.5. The van der Waals surface area contributed by atoms with Crippen molar-refractivity contribution in [3.05, 3.63) is 29.8 Å². The monoisotopic (exact) mass is 225 g/mol. The van der Waals surface area contributed by atoms with Gasteiger partial charge in [-0.25, -0.2) is 0 Å². The van der Waals surface area contributed by atoms with Gasteiger partial charge in [-0.1, -0.05) is 12.1 Å². The number of phenols is 1. The van der Waals surface area contributed by atoms with E-state index in [4.69, 9.17) is 9.84 Å². The number of aliphatic hydroxyl groups excluding tert-OH is 1. The Kier molecular flexibility index (Phi) is 5.31. The first-order valence-electron chi connectivity index (χ1n) is 5.00. The molecule has 0 heterocycles. The average molecular weight is 225 g/mol. The van der Waals surface area contributed by atoms with Gasteiger partial charge in [0.1, 0.15) is 5.75 Å². The largest absolute Gasteiger partial charge is 0.507 e. The summed E-state index contributed by atoms with van der Waals surface area (Å²) in [4.78, 5) is 11.5. The second-order valence-corrected chi connectivity index (χ2v) is 3.11. The van der Waals surface area contributed by atoms with Gasteiger partial charge in [0, 0.05) is 6.54 Å². The van der Waals surface area contributed by atoms with Crippen molar-refractivity contribution in [2.75, 3.05) is 26.4 Å². The number of phenolic OH excluding ortho intramolecular Hbond substituents is 1. The Morgan fingerprint density at radius 1 is 1.31 bits per heavy atom. The lowest BCUT2D eigenvalue weighted by Gasteiger charge is -2.06. The summed E-state index contributed by atoms with van der Waals surface area (Å²) >= 11 is 0. The van der Waals surface area contributed by atoms with E-state index in [1.54, 1.807) is 18.2 Å². The molecule has 0 aliphatic carbocycles. The summed E-state index contributed by atoms with van der Waals surface area (Å²) in [7, 11) is 0. The van der Waals surface area contributed by atoms with Gasteiger partial charge in [0.2, 0.25) is 0 Å². The minimum atomic E-state index is -0.342. The molecule has 0 spiro atoms. The molecule has 0 aliphatic heterocycles. The van der Waals surface area contributed by atoms with Crippen LogP contribution in [0.4, 0.5) is 0 Å². The quantitative estimate of drug-likeness (QED) is 0.601. The van der Waals surface area contributed by atoms with Crippen LogP contribution in [0.5, 0.6) is 5.75 Å². The highest BCUT2D eigenvalue weighted by molar-refractivity contribution is 5.96. The van der Waals surface area contributed by atoms with Crippen molar-refractivity contribution < 1.29 is 19.7 Å². The molecule has 88 valence electrons. The minimum absolute atomic E-state index is 0.0343. The second kappa shape index (κ2) is 6.81. The van der Waals surface area contributed by atoms with E-state index in [-0.39, 0.29) is 30.4 Å². The molecule has 1 aromatic carbocycles. The van der Waals surface area contributed by atoms with E-state index in [9.17, 15) is 9.90 Å². The molecule has 0 saturated carbocycles. The summed E-state index contributed by atoms with van der Waals surface area (Å²) in [6.07, 6.45) is 0. The van der Waals surface area contributed by atoms with Crippen molar-refractivity contribution in [2.24, 2.45) is 0 Å². The third-order valence-corrected chi connectivity index (χ3v) is 1.92. The summed E-state index contributed by atoms with van der Waals surface area (Å²) in [6, 6.07) is 6.32. The highest BCUT2D eigenvalue weighted by Gasteiger charge is 2.08. The zero-order chi connectivity index (χ0) is 11.8. The first-order valence-corrected chi connectivity index (χ1v) is 5.00. The van der Waals surface area contributed by atoms with E-state index >= 15 is 0 Å². The number of para-hydroxylation sites is 1. The normalized spacial score (nSPS) is 10.1. The number of benzene rings is 1. The van der Waals surface area contributed by atoms with E-state index in [1.165, 1.54) is 6.07 Å². The van der Waals surface area contributed by atoms with Crippen LogP contribution >= 0.6 is 0 Å². The van der Waals surface area contributed by atoms with Gasteiger partial charge in [-0.2, -0.15) is 0 Å². The molecule has 0 saturated heterocycles. The number of hydrogen-bond donors (Lipinski definition) is 3. The van der Waals surface area contributed by atoms with Gasteiger partial charge >= 0.3 is 0 Å². The number of carbonyl (C=O) groups excluding carboxylic acids is 1. The molecule has 0 aromatic heterocycles. The molecule has 5 heteroatoms. The number of carbonyl (C=O) groups is 1. The summed E-state index contributed by atoms with van der Waals surface area (Å²) in [5.41, 5.74) is 0.240. The standard InChI is InChI=1S/C11H15NO4/c13-6-8-16-7-5-12-11(15)9-3-1-2-4-10(9)14/h1-4,13-14H,5-8H2,(H,12,15). The summed E-state index contributed by atoms with van der Waals surface area (Å²) in [6.45, 7) is 0.896. The summed E-state index contributed by atoms with van der Waals surface area (Å²) < 4.78 is 4.97. The molecule has 5 nitrogen and oxygen atoms in total. The van der Waals surface area contributed by atoms with Crippen LogP contribution in [0, 0.1) is 0 Å². The van der Waals surface area contributed by atoms with Crippen LogP contribution in [0.1, 0.15) is 10.4 Å². The minimum Gasteiger partial charge on any atom is -0.507 e. The van der Waals surface area contributed by atoms with Crippen molar-refractivity contribution in [2.45, 2.75) is 0 Å². The lowest BCUT2D eigenvalue weighted by atomic mass is 10.2. The zero-order valence-electron chi connectivity index (χ0n) is 8.85. The number of aliphatic hydroxyl groups is 1. The lowest BCUT2D eigenvalue weighted by Crippen LogP contribution is -2.27. The highest BCUT2D eigenvalue weighted by atomic mass is 16.5. The fraction of sp³-hybridized carbons (Fsp3) is 0.364. The SMILES string of the molecule is O=C(NCCOCCO)c1ccccc1O. The zero-order valence-corrected chi connectivity index (χ0v) is 8.85. The van der Waals surface area contributed by atoms with E-state index < -0.39 is 0 Å². The van der Waals surface area contributed by atoms with Gasteiger partial charge in [-0.05, 0) is 12.1 Å². The summed E-state index contributed by atoms with van der Waals surface area (Å²) in [5, 5.41) is 20.4. The van der Waals surface area contributed by atoms with Crippen LogP contribution in [0.25, 0.3) is 0 Å². The molecule has 1 aromatic rings. The van der Waals surface area contributed by atoms with Crippen LogP contribution in [0.15, 0.2) is 24.3 Å². The van der Waals surface area contributed by atoms with Crippen LogP contribution in [-0.4, -0.2) is 42.5 Å². The molecular formula is C11H15NO4. The third kappa shape index (κ3) is 3.88. The number of nitrogens with one attached hydrogen (secondary N) is 1. The van der Waals surface area contributed by atoms with Gasteiger partial charge in [-0.15, -0.1) is 0 Å². The summed E-state index contributed by atoms with van der Waals surface area (Å²) in [5.74, 6) is -0.387. The predicted molar refractivity (Wildman–Crippen MR) is 58.3 cm³/mol. The average Bonchev–Trinajstić information content (AvgIpc) is 2.29. The lowest BCUT2D eigenvalue weighted by molar-refractivity contribution is 0.0836. The third-order valence-electron chi connectivity index (χ3n) is 1.92. The van der Waals surface area contributed by atoms with Crippen LogP contribution in [0.3, 0.4) is 0 Å². The fourth-order valence-corrected chi connectivity index (χ4v) is 1.16. The predicted octanol–water partition coefficient (Wildman–Crippen LogP) is 0.131. The molecule has 1 amide bonds. The number of ether oxygens (including phenoxy) is 1. The second-order valence-electron chi connectivity index (χ2n) is 3.11. The fourth-order valence-electron chi connectivity index (χ4n) is 1.16. The van der Waals surface area contributed by atoms with Gasteiger partial charge in [0.05, 0.1) is 25.4 Å². The highest BCUT2D eigenvalue weighted by Crippen LogP contribution is 2.14. The number of amides is 1. The Hall–Kier alpha value is -1.59. The van der Waals surface area contributed by atoms with Gasteiger partial charge in [-0.3, -0.25) is 4.79 Å². The Morgan fingerprint density at radius 3 is 2.75 bits per heavy atom. The topological polar surface area (TPSA) is 78.8 Å². The van der Waals surface area contributed by atoms with E-state index in [0.717, 1.165) is 0 Å². The smallest absolute Gasteiger partial charge is 0.255 e. The molecule has 16 heavy (non-hydrogen) atoms. The number of rotatable bonds is 6. The van der Waals surface area contributed by atoms with Crippen molar-refractivity contribution in [3.63, 3.8) is 0 Å². The van der Waals surface area contributed by atoms with E-state index in [1.807, 2.05) is 0 Å². The molecule has 0 bridgehead atoms. The molecule has 0 unspecified atom stereocenters. The molecule has 0 aliphatic rings. The van der Waals surface area contributed by atoms with Gasteiger partial charge < -0.3 is 20.3 Å².